The molecule has 4 rings (SSSR count). The number of halogens is 1. The molecule has 1 aliphatic rings. The number of thioether (sulfide) groups is 1. The van der Waals surface area contributed by atoms with Crippen LogP contribution in [0.1, 0.15) is 11.3 Å². The summed E-state index contributed by atoms with van der Waals surface area (Å²) in [6.45, 7) is 4.55. The van der Waals surface area contributed by atoms with Crippen molar-refractivity contribution in [3.63, 3.8) is 0 Å². The number of nitrogens with one attached hydrogen (secondary N) is 1. The molecule has 1 aliphatic heterocycles. The van der Waals surface area contributed by atoms with E-state index >= 15 is 0 Å². The molecule has 0 atom stereocenters. The van der Waals surface area contributed by atoms with Gasteiger partial charge >= 0.3 is 0 Å². The van der Waals surface area contributed by atoms with Crippen LogP contribution in [0.5, 0.6) is 0 Å². The lowest BCUT2D eigenvalue weighted by atomic mass is 10.2. The van der Waals surface area contributed by atoms with Crippen molar-refractivity contribution in [3.8, 4) is 0 Å². The summed E-state index contributed by atoms with van der Waals surface area (Å²) < 4.78 is 0. The molecule has 0 amide bonds. The molecule has 1 saturated heterocycles. The first kappa shape index (κ1) is 20.0. The van der Waals surface area contributed by atoms with Crippen LogP contribution in [0.15, 0.2) is 70.4 Å². The van der Waals surface area contributed by atoms with Gasteiger partial charge in [0.05, 0.1) is 5.69 Å². The van der Waals surface area contributed by atoms with Crippen LogP contribution in [-0.4, -0.2) is 41.0 Å². The molecule has 3 aromatic rings. The van der Waals surface area contributed by atoms with E-state index in [1.165, 1.54) is 5.56 Å². The third-order valence-electron chi connectivity index (χ3n) is 4.90. The Labute approximate surface area is 179 Å². The van der Waals surface area contributed by atoms with E-state index in [0.29, 0.717) is 11.7 Å². The van der Waals surface area contributed by atoms with Gasteiger partial charge in [-0.3, -0.25) is 14.7 Å². The molecule has 0 bridgehead atoms. The van der Waals surface area contributed by atoms with Crippen molar-refractivity contribution in [1.29, 1.82) is 0 Å². The van der Waals surface area contributed by atoms with Crippen molar-refractivity contribution in [2.24, 2.45) is 0 Å². The Morgan fingerprint density at radius 3 is 2.45 bits per heavy atom. The average molecular weight is 427 g/mol. The lowest BCUT2D eigenvalue weighted by molar-refractivity contribution is 0.248. The number of piperazine rings is 1. The lowest BCUT2D eigenvalue weighted by Crippen LogP contribution is -2.47. The molecule has 5 nitrogen and oxygen atoms in total. The third-order valence-corrected chi connectivity index (χ3v) is 6.20. The molecule has 150 valence electrons. The van der Waals surface area contributed by atoms with Gasteiger partial charge < -0.3 is 4.90 Å². The predicted octanol–water partition coefficient (Wildman–Crippen LogP) is 4.04. The summed E-state index contributed by atoms with van der Waals surface area (Å²) >= 11 is 7.58. The SMILES string of the molecule is O=c1cc(CSc2ccc(Cl)cc2)nc(N2CCN(Cc3ccccc3)CC2)[nH]1. The number of rotatable bonds is 6. The summed E-state index contributed by atoms with van der Waals surface area (Å²) in [5.74, 6) is 1.32. The van der Waals surface area contributed by atoms with Crippen LogP contribution >= 0.6 is 23.4 Å². The van der Waals surface area contributed by atoms with Crippen LogP contribution in [0, 0.1) is 0 Å². The summed E-state index contributed by atoms with van der Waals surface area (Å²) in [4.78, 5) is 25.5. The maximum atomic E-state index is 12.2. The highest BCUT2D eigenvalue weighted by Gasteiger charge is 2.19. The number of benzene rings is 2. The quantitative estimate of drug-likeness (QED) is 0.603. The fourth-order valence-corrected chi connectivity index (χ4v) is 4.28. The van der Waals surface area contributed by atoms with Gasteiger partial charge in [0.2, 0.25) is 5.95 Å². The summed E-state index contributed by atoms with van der Waals surface area (Å²) in [6, 6.07) is 19.8. The van der Waals surface area contributed by atoms with E-state index in [0.717, 1.165) is 48.3 Å². The fourth-order valence-electron chi connectivity index (χ4n) is 3.37. The number of anilines is 1. The molecular formula is C22H23ClN4OS. The van der Waals surface area contributed by atoms with E-state index in [2.05, 4.69) is 39.0 Å². The molecule has 1 fully saturated rings. The number of aromatic nitrogens is 2. The monoisotopic (exact) mass is 426 g/mol. The number of nitrogens with zero attached hydrogens (tertiary/aromatic N) is 3. The molecule has 2 aromatic carbocycles. The van der Waals surface area contributed by atoms with Gasteiger partial charge in [0.15, 0.2) is 0 Å². The second kappa shape index (κ2) is 9.48. The zero-order valence-corrected chi connectivity index (χ0v) is 17.6. The first-order valence-electron chi connectivity index (χ1n) is 9.65. The van der Waals surface area contributed by atoms with Gasteiger partial charge in [-0.1, -0.05) is 41.9 Å². The van der Waals surface area contributed by atoms with Crippen molar-refractivity contribution in [2.75, 3.05) is 31.1 Å². The van der Waals surface area contributed by atoms with E-state index in [4.69, 9.17) is 16.6 Å². The Kier molecular flexibility index (Phi) is 6.54. The molecule has 0 unspecified atom stereocenters. The Bertz CT molecular complexity index is 986. The Morgan fingerprint density at radius 1 is 1.00 bits per heavy atom. The molecule has 0 radical (unpaired) electrons. The van der Waals surface area contributed by atoms with Crippen molar-refractivity contribution < 1.29 is 0 Å². The zero-order chi connectivity index (χ0) is 20.1. The highest BCUT2D eigenvalue weighted by atomic mass is 35.5. The molecule has 1 N–H and O–H groups in total. The maximum absolute atomic E-state index is 12.2. The molecule has 0 aliphatic carbocycles. The largest absolute Gasteiger partial charge is 0.340 e. The van der Waals surface area contributed by atoms with Crippen LogP contribution in [0.25, 0.3) is 0 Å². The standard InChI is InChI=1S/C22H23ClN4OS/c23-18-6-8-20(9-7-18)29-16-19-14-21(28)25-22(24-19)27-12-10-26(11-13-27)15-17-4-2-1-3-5-17/h1-9,14H,10-13,15-16H2,(H,24,25,28). The van der Waals surface area contributed by atoms with Gasteiger partial charge in [-0.15, -0.1) is 11.8 Å². The second-order valence-electron chi connectivity index (χ2n) is 7.05. The highest BCUT2D eigenvalue weighted by molar-refractivity contribution is 7.98. The van der Waals surface area contributed by atoms with E-state index in [1.54, 1.807) is 17.8 Å². The summed E-state index contributed by atoms with van der Waals surface area (Å²) in [7, 11) is 0. The molecule has 29 heavy (non-hydrogen) atoms. The van der Waals surface area contributed by atoms with E-state index in [-0.39, 0.29) is 5.56 Å². The predicted molar refractivity (Wildman–Crippen MR) is 120 cm³/mol. The number of aromatic amines is 1. The van der Waals surface area contributed by atoms with Crippen LogP contribution in [0.2, 0.25) is 5.02 Å². The summed E-state index contributed by atoms with van der Waals surface area (Å²) in [6.07, 6.45) is 0. The third kappa shape index (κ3) is 5.63. The van der Waals surface area contributed by atoms with E-state index < -0.39 is 0 Å². The van der Waals surface area contributed by atoms with Crippen molar-refractivity contribution in [3.05, 3.63) is 87.3 Å². The molecule has 0 saturated carbocycles. The Hall–Kier alpha value is -2.28. The average Bonchev–Trinajstić information content (AvgIpc) is 2.74. The molecule has 7 heteroatoms. The normalized spacial score (nSPS) is 14.9. The van der Waals surface area contributed by atoms with Crippen molar-refractivity contribution in [1.82, 2.24) is 14.9 Å². The van der Waals surface area contributed by atoms with Crippen molar-refractivity contribution in [2.45, 2.75) is 17.2 Å². The van der Waals surface area contributed by atoms with Gasteiger partial charge in [-0.2, -0.15) is 0 Å². The summed E-state index contributed by atoms with van der Waals surface area (Å²) in [5, 5.41) is 0.720. The summed E-state index contributed by atoms with van der Waals surface area (Å²) in [5.41, 5.74) is 2.01. The molecule has 0 spiro atoms. The topological polar surface area (TPSA) is 52.2 Å². The van der Waals surface area contributed by atoms with Gasteiger partial charge in [0.25, 0.3) is 5.56 Å². The van der Waals surface area contributed by atoms with Gasteiger partial charge in [0, 0.05) is 54.5 Å². The van der Waals surface area contributed by atoms with Gasteiger partial charge in [-0.05, 0) is 29.8 Å². The van der Waals surface area contributed by atoms with Crippen LogP contribution in [-0.2, 0) is 12.3 Å². The Balaban J connectivity index is 1.36. The first-order valence-corrected chi connectivity index (χ1v) is 11.0. The van der Waals surface area contributed by atoms with Crippen LogP contribution < -0.4 is 10.5 Å². The molecular weight excluding hydrogens is 404 g/mol. The minimum atomic E-state index is -0.103. The smallest absolute Gasteiger partial charge is 0.252 e. The second-order valence-corrected chi connectivity index (χ2v) is 8.54. The lowest BCUT2D eigenvalue weighted by Gasteiger charge is -2.35. The minimum absolute atomic E-state index is 0.103. The Morgan fingerprint density at radius 2 is 1.72 bits per heavy atom. The van der Waals surface area contributed by atoms with Gasteiger partial charge in [-0.25, -0.2) is 4.98 Å². The number of hydrogen-bond donors (Lipinski definition) is 1. The zero-order valence-electron chi connectivity index (χ0n) is 16.1. The first-order chi connectivity index (χ1) is 14.2. The van der Waals surface area contributed by atoms with E-state index in [1.807, 2.05) is 30.3 Å². The van der Waals surface area contributed by atoms with Crippen molar-refractivity contribution >= 4 is 29.3 Å². The van der Waals surface area contributed by atoms with E-state index in [9.17, 15) is 4.79 Å². The molecule has 1 aromatic heterocycles. The van der Waals surface area contributed by atoms with Gasteiger partial charge in [0.1, 0.15) is 0 Å². The van der Waals surface area contributed by atoms with Crippen LogP contribution in [0.3, 0.4) is 0 Å². The van der Waals surface area contributed by atoms with Crippen LogP contribution in [0.4, 0.5) is 5.95 Å². The molecule has 2 heterocycles. The maximum Gasteiger partial charge on any atom is 0.252 e. The number of hydrogen-bond acceptors (Lipinski definition) is 5. The highest BCUT2D eigenvalue weighted by Crippen LogP contribution is 2.24. The number of H-pyrrole nitrogens is 1. The minimum Gasteiger partial charge on any atom is -0.340 e. The fraction of sp³-hybridized carbons (Fsp3) is 0.273.